The fourth-order valence-electron chi connectivity index (χ4n) is 2.56. The maximum Gasteiger partial charge on any atom is 0.240 e. The molecule has 1 unspecified atom stereocenters. The van der Waals surface area contributed by atoms with Crippen LogP contribution in [0.1, 0.15) is 18.4 Å². The molecule has 1 aromatic rings. The summed E-state index contributed by atoms with van der Waals surface area (Å²) < 4.78 is 27.5. The number of sulfonamides is 1. The average Bonchev–Trinajstić information content (AvgIpc) is 2.86. The third-order valence-electron chi connectivity index (χ3n) is 3.58. The van der Waals surface area contributed by atoms with Crippen molar-refractivity contribution in [1.29, 1.82) is 0 Å². The van der Waals surface area contributed by atoms with Crippen LogP contribution in [0.15, 0.2) is 23.1 Å². The third-order valence-corrected chi connectivity index (χ3v) is 6.32. The zero-order valence-electron chi connectivity index (χ0n) is 10.7. The van der Waals surface area contributed by atoms with Crippen LogP contribution in [0.25, 0.3) is 0 Å². The highest BCUT2D eigenvalue weighted by molar-refractivity contribution is 7.99. The molecule has 4 nitrogen and oxygen atoms in total. The van der Waals surface area contributed by atoms with Crippen molar-refractivity contribution >= 4 is 27.5 Å². The van der Waals surface area contributed by atoms with E-state index in [2.05, 4.69) is 10.0 Å². The van der Waals surface area contributed by atoms with Crippen molar-refractivity contribution in [1.82, 2.24) is 4.72 Å². The lowest BCUT2D eigenvalue weighted by atomic mass is 10.2. The van der Waals surface area contributed by atoms with E-state index in [9.17, 15) is 8.42 Å². The van der Waals surface area contributed by atoms with Gasteiger partial charge in [-0.05, 0) is 42.7 Å². The summed E-state index contributed by atoms with van der Waals surface area (Å²) in [6.45, 7) is 0.894. The van der Waals surface area contributed by atoms with E-state index in [0.29, 0.717) is 4.90 Å². The van der Waals surface area contributed by atoms with Gasteiger partial charge in [0, 0.05) is 24.0 Å². The van der Waals surface area contributed by atoms with E-state index in [0.717, 1.165) is 43.0 Å². The van der Waals surface area contributed by atoms with Crippen molar-refractivity contribution in [2.75, 3.05) is 23.4 Å². The fraction of sp³-hybridized carbons (Fsp3) is 0.538. The van der Waals surface area contributed by atoms with Gasteiger partial charge in [0.2, 0.25) is 10.0 Å². The summed E-state index contributed by atoms with van der Waals surface area (Å²) in [5.74, 6) is 2.02. The largest absolute Gasteiger partial charge is 0.384 e. The average molecular weight is 298 g/mol. The number of fused-ring (bicyclic) bond motifs is 1. The van der Waals surface area contributed by atoms with Crippen molar-refractivity contribution < 1.29 is 8.42 Å². The molecule has 1 aromatic carbocycles. The Labute approximate surface area is 118 Å². The van der Waals surface area contributed by atoms with Crippen LogP contribution in [0.2, 0.25) is 0 Å². The van der Waals surface area contributed by atoms with Crippen molar-refractivity contribution in [2.45, 2.75) is 30.2 Å². The SMILES string of the molecule is O=S(=O)(NC1CCCSC1)c1ccc2c(c1)NCC2. The van der Waals surface area contributed by atoms with Gasteiger partial charge in [-0.3, -0.25) is 0 Å². The van der Waals surface area contributed by atoms with Crippen LogP contribution in [0, 0.1) is 0 Å². The van der Waals surface area contributed by atoms with E-state index in [-0.39, 0.29) is 6.04 Å². The van der Waals surface area contributed by atoms with Gasteiger partial charge in [-0.15, -0.1) is 0 Å². The predicted molar refractivity (Wildman–Crippen MR) is 79.3 cm³/mol. The van der Waals surface area contributed by atoms with Crippen LogP contribution in [-0.4, -0.2) is 32.5 Å². The minimum atomic E-state index is -3.38. The minimum Gasteiger partial charge on any atom is -0.384 e. The number of nitrogens with one attached hydrogen (secondary N) is 2. The first-order chi connectivity index (χ1) is 9.15. The van der Waals surface area contributed by atoms with Crippen molar-refractivity contribution in [3.8, 4) is 0 Å². The van der Waals surface area contributed by atoms with Crippen LogP contribution < -0.4 is 10.0 Å². The van der Waals surface area contributed by atoms with Gasteiger partial charge in [-0.1, -0.05) is 6.07 Å². The van der Waals surface area contributed by atoms with E-state index >= 15 is 0 Å². The van der Waals surface area contributed by atoms with Gasteiger partial charge in [-0.2, -0.15) is 11.8 Å². The first kappa shape index (κ1) is 13.3. The Morgan fingerprint density at radius 3 is 3.05 bits per heavy atom. The molecule has 0 amide bonds. The van der Waals surface area contributed by atoms with Crippen LogP contribution in [-0.2, 0) is 16.4 Å². The molecule has 6 heteroatoms. The zero-order chi connectivity index (χ0) is 13.3. The number of hydrogen-bond acceptors (Lipinski definition) is 4. The molecule has 2 heterocycles. The van der Waals surface area contributed by atoms with Crippen LogP contribution in [0.3, 0.4) is 0 Å². The first-order valence-electron chi connectivity index (χ1n) is 6.62. The quantitative estimate of drug-likeness (QED) is 0.894. The highest BCUT2D eigenvalue weighted by atomic mass is 32.2. The summed E-state index contributed by atoms with van der Waals surface area (Å²) in [6.07, 6.45) is 3.00. The van der Waals surface area contributed by atoms with Gasteiger partial charge < -0.3 is 5.32 Å². The summed E-state index contributed by atoms with van der Waals surface area (Å²) >= 11 is 1.82. The smallest absolute Gasteiger partial charge is 0.240 e. The summed E-state index contributed by atoms with van der Waals surface area (Å²) in [5, 5.41) is 3.22. The molecular weight excluding hydrogens is 280 g/mol. The molecule has 0 aromatic heterocycles. The number of hydrogen-bond donors (Lipinski definition) is 2. The van der Waals surface area contributed by atoms with E-state index in [1.807, 2.05) is 17.8 Å². The summed E-state index contributed by atoms with van der Waals surface area (Å²) in [5.41, 5.74) is 2.16. The molecule has 0 aliphatic carbocycles. The lowest BCUT2D eigenvalue weighted by molar-refractivity contribution is 0.543. The molecule has 19 heavy (non-hydrogen) atoms. The third kappa shape index (κ3) is 2.90. The molecule has 3 rings (SSSR count). The highest BCUT2D eigenvalue weighted by Crippen LogP contribution is 2.26. The second kappa shape index (κ2) is 5.34. The van der Waals surface area contributed by atoms with Gasteiger partial charge >= 0.3 is 0 Å². The molecule has 1 atom stereocenters. The molecule has 0 spiro atoms. The van der Waals surface area contributed by atoms with Crippen molar-refractivity contribution in [3.63, 3.8) is 0 Å². The Morgan fingerprint density at radius 1 is 1.37 bits per heavy atom. The van der Waals surface area contributed by atoms with Gasteiger partial charge in [0.25, 0.3) is 0 Å². The topological polar surface area (TPSA) is 58.2 Å². The Hall–Kier alpha value is -0.720. The molecule has 0 radical (unpaired) electrons. The molecule has 2 N–H and O–H groups in total. The fourth-order valence-corrected chi connectivity index (χ4v) is 5.03. The van der Waals surface area contributed by atoms with E-state index in [1.54, 1.807) is 12.1 Å². The maximum absolute atomic E-state index is 12.4. The molecule has 1 saturated heterocycles. The second-order valence-corrected chi connectivity index (χ2v) is 7.89. The molecular formula is C13H18N2O2S2. The summed E-state index contributed by atoms with van der Waals surface area (Å²) in [6, 6.07) is 5.45. The van der Waals surface area contributed by atoms with E-state index in [4.69, 9.17) is 0 Å². The molecule has 1 fully saturated rings. The van der Waals surface area contributed by atoms with E-state index in [1.165, 1.54) is 5.56 Å². The molecule has 2 aliphatic heterocycles. The number of benzene rings is 1. The van der Waals surface area contributed by atoms with Gasteiger partial charge in [0.1, 0.15) is 0 Å². The summed E-state index contributed by atoms with van der Waals surface area (Å²) in [7, 11) is -3.38. The maximum atomic E-state index is 12.4. The van der Waals surface area contributed by atoms with Gasteiger partial charge in [0.05, 0.1) is 4.90 Å². The monoisotopic (exact) mass is 298 g/mol. The predicted octanol–water partition coefficient (Wildman–Crippen LogP) is 1.83. The minimum absolute atomic E-state index is 0.0740. The first-order valence-corrected chi connectivity index (χ1v) is 9.26. The van der Waals surface area contributed by atoms with E-state index < -0.39 is 10.0 Å². The number of anilines is 1. The van der Waals surface area contributed by atoms with Gasteiger partial charge in [-0.25, -0.2) is 13.1 Å². The van der Waals surface area contributed by atoms with Crippen LogP contribution >= 0.6 is 11.8 Å². The van der Waals surface area contributed by atoms with Crippen molar-refractivity contribution in [3.05, 3.63) is 23.8 Å². The highest BCUT2D eigenvalue weighted by Gasteiger charge is 2.23. The van der Waals surface area contributed by atoms with Crippen LogP contribution in [0.5, 0.6) is 0 Å². The Kier molecular flexibility index (Phi) is 3.73. The second-order valence-electron chi connectivity index (χ2n) is 5.03. The molecule has 104 valence electrons. The zero-order valence-corrected chi connectivity index (χ0v) is 12.3. The Bertz CT molecular complexity index is 566. The lowest BCUT2D eigenvalue weighted by Gasteiger charge is -2.22. The lowest BCUT2D eigenvalue weighted by Crippen LogP contribution is -2.38. The molecule has 0 bridgehead atoms. The van der Waals surface area contributed by atoms with Crippen LogP contribution in [0.4, 0.5) is 5.69 Å². The Balaban J connectivity index is 1.79. The van der Waals surface area contributed by atoms with Crippen molar-refractivity contribution in [2.24, 2.45) is 0 Å². The number of thioether (sulfide) groups is 1. The normalized spacial score (nSPS) is 22.8. The molecule has 0 saturated carbocycles. The van der Waals surface area contributed by atoms with Gasteiger partial charge in [0.15, 0.2) is 0 Å². The summed E-state index contributed by atoms with van der Waals surface area (Å²) in [4.78, 5) is 0.372. The Morgan fingerprint density at radius 2 is 2.26 bits per heavy atom. The standard InChI is InChI=1S/C13H18N2O2S2/c16-19(17,15-11-2-1-7-18-9-11)12-4-3-10-5-6-14-13(10)8-12/h3-4,8,11,14-15H,1-2,5-7,9H2. The molecule has 2 aliphatic rings. The number of rotatable bonds is 3.